The normalized spacial score (nSPS) is 10.9. The predicted octanol–water partition coefficient (Wildman–Crippen LogP) is 4.09. The van der Waals surface area contributed by atoms with Crippen molar-refractivity contribution in [2.24, 2.45) is 0 Å². The van der Waals surface area contributed by atoms with E-state index in [1.165, 1.54) is 0 Å². The van der Waals surface area contributed by atoms with Crippen LogP contribution < -0.4 is 10.3 Å². The van der Waals surface area contributed by atoms with Crippen molar-refractivity contribution in [1.82, 2.24) is 9.38 Å². The van der Waals surface area contributed by atoms with Gasteiger partial charge in [-0.2, -0.15) is 5.26 Å². The summed E-state index contributed by atoms with van der Waals surface area (Å²) >= 11 is 3.39. The monoisotopic (exact) mass is 393 g/mol. The van der Waals surface area contributed by atoms with Crippen LogP contribution in [0.4, 0.5) is 0 Å². The number of rotatable bonds is 2. The van der Waals surface area contributed by atoms with E-state index in [1.807, 2.05) is 47.0 Å². The largest absolute Gasteiger partial charge is 0.497 e. The molecule has 0 saturated carbocycles. The summed E-state index contributed by atoms with van der Waals surface area (Å²) in [4.78, 5) is 15.3. The van der Waals surface area contributed by atoms with Crippen molar-refractivity contribution in [3.05, 3.63) is 69.1 Å². The van der Waals surface area contributed by atoms with Gasteiger partial charge in [-0.3, -0.25) is 4.79 Å². The highest BCUT2D eigenvalue weighted by atomic mass is 79.9. The molecule has 2 heterocycles. The van der Waals surface area contributed by atoms with Gasteiger partial charge in [-0.05, 0) is 35.9 Å². The lowest BCUT2D eigenvalue weighted by molar-refractivity contribution is 0.415. The van der Waals surface area contributed by atoms with Gasteiger partial charge in [0.2, 0.25) is 0 Å². The number of fused-ring (bicyclic) bond motifs is 3. The number of halogens is 1. The van der Waals surface area contributed by atoms with Gasteiger partial charge in [0.05, 0.1) is 18.0 Å². The Bertz CT molecular complexity index is 1210. The molecule has 1 N–H and O–H groups in total. The highest BCUT2D eigenvalue weighted by Gasteiger charge is 2.16. The molecule has 0 aliphatic carbocycles. The third-order valence-corrected chi connectivity index (χ3v) is 4.71. The number of H-pyrrole nitrogens is 1. The summed E-state index contributed by atoms with van der Waals surface area (Å²) in [6, 6.07) is 15.2. The summed E-state index contributed by atoms with van der Waals surface area (Å²) in [6.07, 6.45) is 1.88. The van der Waals surface area contributed by atoms with E-state index in [0.717, 1.165) is 26.9 Å². The Morgan fingerprint density at radius 1 is 1.20 bits per heavy atom. The number of methoxy groups -OCH3 is 1. The molecule has 0 radical (unpaired) electrons. The van der Waals surface area contributed by atoms with Crippen molar-refractivity contribution in [2.45, 2.75) is 0 Å². The smallest absolute Gasteiger partial charge is 0.258 e. The van der Waals surface area contributed by atoms with Crippen LogP contribution in [0.5, 0.6) is 5.75 Å². The Morgan fingerprint density at radius 3 is 2.64 bits per heavy atom. The van der Waals surface area contributed by atoms with Crippen LogP contribution in [0.1, 0.15) is 5.56 Å². The van der Waals surface area contributed by atoms with Crippen molar-refractivity contribution < 1.29 is 4.74 Å². The van der Waals surface area contributed by atoms with Crippen LogP contribution in [0.15, 0.2) is 57.9 Å². The fourth-order valence-electron chi connectivity index (χ4n) is 3.00. The molecule has 0 bridgehead atoms. The zero-order valence-corrected chi connectivity index (χ0v) is 14.8. The maximum Gasteiger partial charge on any atom is 0.258 e. The van der Waals surface area contributed by atoms with E-state index in [-0.39, 0.29) is 5.56 Å². The minimum absolute atomic E-state index is 0.223. The molecule has 122 valence electrons. The van der Waals surface area contributed by atoms with Crippen LogP contribution in [-0.2, 0) is 0 Å². The topological polar surface area (TPSA) is 70.3 Å². The van der Waals surface area contributed by atoms with Gasteiger partial charge in [0, 0.05) is 16.2 Å². The summed E-state index contributed by atoms with van der Waals surface area (Å²) in [5, 5.41) is 10.2. The first kappa shape index (κ1) is 15.5. The molecular formula is C19H12BrN3O2. The summed E-state index contributed by atoms with van der Waals surface area (Å²) < 4.78 is 7.86. The number of hydrogen-bond acceptors (Lipinski definition) is 3. The van der Waals surface area contributed by atoms with Crippen LogP contribution >= 0.6 is 15.9 Å². The van der Waals surface area contributed by atoms with Crippen LogP contribution in [0, 0.1) is 11.3 Å². The Kier molecular flexibility index (Phi) is 3.59. The minimum Gasteiger partial charge on any atom is -0.497 e. The zero-order valence-electron chi connectivity index (χ0n) is 13.2. The Morgan fingerprint density at radius 2 is 1.96 bits per heavy atom. The number of aromatic nitrogens is 2. The van der Waals surface area contributed by atoms with Gasteiger partial charge >= 0.3 is 0 Å². The molecule has 2 aromatic carbocycles. The van der Waals surface area contributed by atoms with Gasteiger partial charge in [0.25, 0.3) is 5.56 Å². The van der Waals surface area contributed by atoms with Gasteiger partial charge in [-0.1, -0.05) is 28.1 Å². The first-order valence-electron chi connectivity index (χ1n) is 7.53. The lowest BCUT2D eigenvalue weighted by Crippen LogP contribution is -2.09. The SMILES string of the molecule is COc1ccc(-c2cn3c([nH]c(=O)c4cc(Br)ccc43)c2C#N)cc1. The molecule has 25 heavy (non-hydrogen) atoms. The average molecular weight is 394 g/mol. The van der Waals surface area contributed by atoms with Gasteiger partial charge in [0.15, 0.2) is 0 Å². The lowest BCUT2D eigenvalue weighted by Gasteiger charge is -2.02. The molecule has 0 aliphatic rings. The average Bonchev–Trinajstić information content (AvgIpc) is 3.00. The molecule has 0 amide bonds. The Balaban J connectivity index is 2.08. The lowest BCUT2D eigenvalue weighted by atomic mass is 10.1. The van der Waals surface area contributed by atoms with Crippen molar-refractivity contribution in [3.63, 3.8) is 0 Å². The van der Waals surface area contributed by atoms with Crippen LogP contribution in [-0.4, -0.2) is 16.5 Å². The molecule has 0 saturated heterocycles. The second-order valence-electron chi connectivity index (χ2n) is 5.59. The standard InChI is InChI=1S/C19H12BrN3O2/c1-25-13-5-2-11(3-6-13)16-10-23-17-7-4-12(20)8-14(17)19(24)22-18(23)15(16)9-21/h2-8,10H,1H3,(H,22,24). The number of nitrogens with one attached hydrogen (secondary N) is 1. The van der Waals surface area contributed by atoms with E-state index < -0.39 is 0 Å². The first-order chi connectivity index (χ1) is 12.1. The zero-order chi connectivity index (χ0) is 17.6. The third-order valence-electron chi connectivity index (χ3n) is 4.21. The number of nitriles is 1. The number of hydrogen-bond donors (Lipinski definition) is 1. The van der Waals surface area contributed by atoms with Gasteiger partial charge < -0.3 is 14.1 Å². The Labute approximate surface area is 151 Å². The number of nitrogens with zero attached hydrogens (tertiary/aromatic N) is 2. The molecule has 0 unspecified atom stereocenters. The van der Waals surface area contributed by atoms with E-state index in [0.29, 0.717) is 16.6 Å². The molecule has 2 aromatic heterocycles. The van der Waals surface area contributed by atoms with Crippen LogP contribution in [0.2, 0.25) is 0 Å². The van der Waals surface area contributed by atoms with Crippen LogP contribution in [0.25, 0.3) is 27.7 Å². The maximum absolute atomic E-state index is 12.4. The van der Waals surface area contributed by atoms with Crippen molar-refractivity contribution in [2.75, 3.05) is 7.11 Å². The van der Waals surface area contributed by atoms with E-state index in [2.05, 4.69) is 27.0 Å². The third kappa shape index (κ3) is 2.41. The molecule has 4 rings (SSSR count). The minimum atomic E-state index is -0.223. The summed E-state index contributed by atoms with van der Waals surface area (Å²) in [5.74, 6) is 0.745. The number of aromatic amines is 1. The van der Waals surface area contributed by atoms with Crippen molar-refractivity contribution in [3.8, 4) is 22.9 Å². The summed E-state index contributed by atoms with van der Waals surface area (Å²) in [7, 11) is 1.61. The second kappa shape index (κ2) is 5.80. The van der Waals surface area contributed by atoms with Crippen molar-refractivity contribution in [1.29, 1.82) is 5.26 Å². The van der Waals surface area contributed by atoms with Crippen molar-refractivity contribution >= 4 is 32.5 Å². The molecule has 0 atom stereocenters. The van der Waals surface area contributed by atoms with E-state index >= 15 is 0 Å². The van der Waals surface area contributed by atoms with Gasteiger partial charge in [-0.25, -0.2) is 0 Å². The van der Waals surface area contributed by atoms with Crippen LogP contribution in [0.3, 0.4) is 0 Å². The molecule has 5 nitrogen and oxygen atoms in total. The highest BCUT2D eigenvalue weighted by Crippen LogP contribution is 2.30. The van der Waals surface area contributed by atoms with Gasteiger partial charge in [0.1, 0.15) is 23.0 Å². The summed E-state index contributed by atoms with van der Waals surface area (Å²) in [5.41, 5.74) is 3.10. The molecule has 6 heteroatoms. The van der Waals surface area contributed by atoms with E-state index in [9.17, 15) is 10.1 Å². The van der Waals surface area contributed by atoms with E-state index in [1.54, 1.807) is 13.2 Å². The molecule has 0 aliphatic heterocycles. The molecule has 4 aromatic rings. The predicted molar refractivity (Wildman–Crippen MR) is 99.9 cm³/mol. The fraction of sp³-hybridized carbons (Fsp3) is 0.0526. The molecule has 0 fully saturated rings. The fourth-order valence-corrected chi connectivity index (χ4v) is 3.36. The number of ether oxygens (including phenoxy) is 1. The molecule has 0 spiro atoms. The first-order valence-corrected chi connectivity index (χ1v) is 8.33. The summed E-state index contributed by atoms with van der Waals surface area (Å²) in [6.45, 7) is 0. The number of benzene rings is 2. The maximum atomic E-state index is 12.4. The highest BCUT2D eigenvalue weighted by molar-refractivity contribution is 9.10. The van der Waals surface area contributed by atoms with E-state index in [4.69, 9.17) is 4.74 Å². The quantitative estimate of drug-likeness (QED) is 0.557. The molecular weight excluding hydrogens is 382 g/mol. The second-order valence-corrected chi connectivity index (χ2v) is 6.51. The Hall–Kier alpha value is -3.04. The van der Waals surface area contributed by atoms with Gasteiger partial charge in [-0.15, -0.1) is 0 Å².